The Bertz CT molecular complexity index is 983. The summed E-state index contributed by atoms with van der Waals surface area (Å²) in [6, 6.07) is 13.8. The van der Waals surface area contributed by atoms with Crippen molar-refractivity contribution >= 4 is 23.0 Å². The number of ether oxygens (including phenoxy) is 1. The van der Waals surface area contributed by atoms with Crippen molar-refractivity contribution in [3.63, 3.8) is 0 Å². The van der Waals surface area contributed by atoms with Gasteiger partial charge in [-0.2, -0.15) is 5.10 Å². The molecule has 0 aliphatic carbocycles. The van der Waals surface area contributed by atoms with Gasteiger partial charge in [-0.1, -0.05) is 18.2 Å². The Balaban J connectivity index is 1.57. The fraction of sp³-hybridized carbons (Fsp3) is 0.190. The van der Waals surface area contributed by atoms with Crippen molar-refractivity contribution < 1.29 is 13.9 Å². The summed E-state index contributed by atoms with van der Waals surface area (Å²) in [4.78, 5) is 16.6. The fourth-order valence-electron chi connectivity index (χ4n) is 2.64. The third-order valence-electron chi connectivity index (χ3n) is 3.99. The number of carbonyl (C=O) groups excluding carboxylic acids is 1. The third kappa shape index (κ3) is 5.23. The van der Waals surface area contributed by atoms with Crippen molar-refractivity contribution in [1.29, 1.82) is 0 Å². The smallest absolute Gasteiger partial charge is 0.246 e. The van der Waals surface area contributed by atoms with Gasteiger partial charge in [0, 0.05) is 23.1 Å². The van der Waals surface area contributed by atoms with Crippen molar-refractivity contribution in [3.8, 4) is 16.3 Å². The highest BCUT2D eigenvalue weighted by atomic mass is 32.1. The first kappa shape index (κ1) is 19.7. The van der Waals surface area contributed by atoms with Gasteiger partial charge in [0.1, 0.15) is 16.6 Å². The van der Waals surface area contributed by atoms with Crippen molar-refractivity contribution in [3.05, 3.63) is 71.0 Å². The molecule has 0 aliphatic rings. The molecule has 0 saturated heterocycles. The molecule has 0 atom stereocenters. The first-order valence-electron chi connectivity index (χ1n) is 8.69. The monoisotopic (exact) mass is 397 g/mol. The number of aromatic nitrogens is 1. The van der Waals surface area contributed by atoms with Crippen LogP contribution in [0.5, 0.6) is 5.75 Å². The molecule has 0 unspecified atom stereocenters. The van der Waals surface area contributed by atoms with E-state index in [1.807, 2.05) is 36.6 Å². The molecule has 0 bridgehead atoms. The maximum absolute atomic E-state index is 13.0. The predicted octanol–water partition coefficient (Wildman–Crippen LogP) is 4.24. The van der Waals surface area contributed by atoms with E-state index < -0.39 is 0 Å². The summed E-state index contributed by atoms with van der Waals surface area (Å²) in [7, 11) is 1.63. The van der Waals surface area contributed by atoms with E-state index in [0.717, 1.165) is 27.6 Å². The summed E-state index contributed by atoms with van der Waals surface area (Å²) in [5, 5.41) is 6.73. The normalized spacial score (nSPS) is 11.3. The van der Waals surface area contributed by atoms with Crippen LogP contribution in [0.1, 0.15) is 18.2 Å². The van der Waals surface area contributed by atoms with Gasteiger partial charge in [-0.25, -0.2) is 14.8 Å². The minimum Gasteiger partial charge on any atom is -0.496 e. The number of amides is 1. The minimum atomic E-state index is -0.290. The first-order valence-corrected chi connectivity index (χ1v) is 9.57. The molecular weight excluding hydrogens is 377 g/mol. The van der Waals surface area contributed by atoms with Crippen LogP contribution in [0.15, 0.2) is 59.0 Å². The number of carbonyl (C=O) groups is 1. The Hall–Kier alpha value is -3.06. The molecule has 0 saturated carbocycles. The molecule has 1 aromatic heterocycles. The van der Waals surface area contributed by atoms with E-state index >= 15 is 0 Å². The van der Waals surface area contributed by atoms with Crippen LogP contribution < -0.4 is 10.2 Å². The van der Waals surface area contributed by atoms with E-state index in [1.165, 1.54) is 23.5 Å². The van der Waals surface area contributed by atoms with Crippen LogP contribution in [-0.2, 0) is 17.6 Å². The fourth-order valence-corrected chi connectivity index (χ4v) is 3.47. The number of hydrazone groups is 1. The highest BCUT2D eigenvalue weighted by Crippen LogP contribution is 2.24. The van der Waals surface area contributed by atoms with Crippen LogP contribution in [0.25, 0.3) is 10.6 Å². The van der Waals surface area contributed by atoms with Crippen LogP contribution in [-0.4, -0.2) is 23.7 Å². The number of hydrogen-bond acceptors (Lipinski definition) is 5. The summed E-state index contributed by atoms with van der Waals surface area (Å²) < 4.78 is 18.3. The zero-order valence-corrected chi connectivity index (χ0v) is 16.4. The Kier molecular flexibility index (Phi) is 6.49. The molecule has 1 amide bonds. The highest BCUT2D eigenvalue weighted by Gasteiger charge is 2.09. The van der Waals surface area contributed by atoms with Gasteiger partial charge in [-0.15, -0.1) is 11.3 Å². The summed E-state index contributed by atoms with van der Waals surface area (Å²) in [6.45, 7) is 1.85. The topological polar surface area (TPSA) is 63.6 Å². The molecule has 1 heterocycles. The van der Waals surface area contributed by atoms with E-state index in [4.69, 9.17) is 4.74 Å². The van der Waals surface area contributed by atoms with Gasteiger partial charge >= 0.3 is 0 Å². The van der Waals surface area contributed by atoms with E-state index in [1.54, 1.807) is 19.2 Å². The Labute approximate surface area is 166 Å². The number of hydrogen-bond donors (Lipinski definition) is 1. The van der Waals surface area contributed by atoms with Crippen LogP contribution >= 0.6 is 11.3 Å². The lowest BCUT2D eigenvalue weighted by molar-refractivity contribution is -0.120. The van der Waals surface area contributed by atoms with E-state index in [9.17, 15) is 9.18 Å². The molecule has 2 aromatic carbocycles. The Morgan fingerprint density at radius 1 is 1.18 bits per heavy atom. The number of rotatable bonds is 7. The molecule has 5 nitrogen and oxygen atoms in total. The number of thiazole rings is 1. The zero-order chi connectivity index (χ0) is 19.9. The van der Waals surface area contributed by atoms with Crippen LogP contribution in [0, 0.1) is 5.82 Å². The van der Waals surface area contributed by atoms with Crippen molar-refractivity contribution in [1.82, 2.24) is 10.4 Å². The number of nitrogens with one attached hydrogen (secondary N) is 1. The number of benzene rings is 2. The number of methoxy groups -OCH3 is 1. The number of nitrogens with zero attached hydrogens (tertiary/aromatic N) is 2. The van der Waals surface area contributed by atoms with Crippen molar-refractivity contribution in [2.75, 3.05) is 7.11 Å². The van der Waals surface area contributed by atoms with Crippen molar-refractivity contribution in [2.24, 2.45) is 5.10 Å². The van der Waals surface area contributed by atoms with Gasteiger partial charge in [0.25, 0.3) is 0 Å². The maximum Gasteiger partial charge on any atom is 0.246 e. The molecule has 7 heteroatoms. The quantitative estimate of drug-likeness (QED) is 0.479. The number of para-hydroxylation sites is 1. The van der Waals surface area contributed by atoms with Gasteiger partial charge in [0.2, 0.25) is 5.91 Å². The Morgan fingerprint density at radius 2 is 1.93 bits per heavy atom. The van der Waals surface area contributed by atoms with E-state index in [-0.39, 0.29) is 18.1 Å². The summed E-state index contributed by atoms with van der Waals surface area (Å²) in [5.41, 5.74) is 5.81. The van der Waals surface area contributed by atoms with Crippen molar-refractivity contribution in [2.45, 2.75) is 19.8 Å². The summed E-state index contributed by atoms with van der Waals surface area (Å²) in [6.07, 6.45) is 0.707. The lowest BCUT2D eigenvalue weighted by Crippen LogP contribution is -2.21. The third-order valence-corrected chi connectivity index (χ3v) is 4.94. The number of halogens is 1. The van der Waals surface area contributed by atoms with E-state index in [0.29, 0.717) is 12.1 Å². The lowest BCUT2D eigenvalue weighted by atomic mass is 10.1. The van der Waals surface area contributed by atoms with Crippen LogP contribution in [0.3, 0.4) is 0 Å². The molecule has 0 fully saturated rings. The molecule has 0 spiro atoms. The van der Waals surface area contributed by atoms with Gasteiger partial charge < -0.3 is 4.74 Å². The largest absolute Gasteiger partial charge is 0.496 e. The molecule has 0 radical (unpaired) electrons. The highest BCUT2D eigenvalue weighted by molar-refractivity contribution is 7.13. The maximum atomic E-state index is 13.0. The second-order valence-electron chi connectivity index (χ2n) is 6.20. The first-order chi connectivity index (χ1) is 13.5. The molecular formula is C21H20FN3O2S. The standard InChI is InChI=1S/C21H20FN3O2S/c1-14(11-16-5-3-4-6-19(16)27-2)24-25-20(26)12-18-13-28-21(23-18)15-7-9-17(22)10-8-15/h3-10,13H,11-12H2,1-2H3,(H,25,26)/b24-14-. The van der Waals surface area contributed by atoms with Crippen LogP contribution in [0.2, 0.25) is 0 Å². The molecule has 144 valence electrons. The van der Waals surface area contributed by atoms with Gasteiger partial charge in [-0.3, -0.25) is 4.79 Å². The summed E-state index contributed by atoms with van der Waals surface area (Å²) in [5.74, 6) is 0.260. The average molecular weight is 397 g/mol. The van der Waals surface area contributed by atoms with Crippen LogP contribution in [0.4, 0.5) is 4.39 Å². The minimum absolute atomic E-state index is 0.128. The van der Waals surface area contributed by atoms with Gasteiger partial charge in [0.15, 0.2) is 0 Å². The second-order valence-corrected chi connectivity index (χ2v) is 7.06. The Morgan fingerprint density at radius 3 is 2.68 bits per heavy atom. The lowest BCUT2D eigenvalue weighted by Gasteiger charge is -2.07. The second kappa shape index (κ2) is 9.23. The zero-order valence-electron chi connectivity index (χ0n) is 15.6. The molecule has 28 heavy (non-hydrogen) atoms. The SMILES string of the molecule is COc1ccccc1C/C(C)=N\NC(=O)Cc1csc(-c2ccc(F)cc2)n1. The molecule has 3 aromatic rings. The summed E-state index contributed by atoms with van der Waals surface area (Å²) >= 11 is 1.42. The van der Waals surface area contributed by atoms with Gasteiger partial charge in [-0.05, 0) is 42.8 Å². The average Bonchev–Trinajstić information content (AvgIpc) is 3.16. The molecule has 3 rings (SSSR count). The molecule has 0 aliphatic heterocycles. The van der Waals surface area contributed by atoms with E-state index in [2.05, 4.69) is 15.5 Å². The van der Waals surface area contributed by atoms with Gasteiger partial charge in [0.05, 0.1) is 19.2 Å². The molecule has 1 N–H and O–H groups in total. The predicted molar refractivity (Wildman–Crippen MR) is 109 cm³/mol.